The van der Waals surface area contributed by atoms with Crippen molar-refractivity contribution in [3.8, 4) is 11.5 Å². The van der Waals surface area contributed by atoms with Crippen LogP contribution in [0.1, 0.15) is 41.6 Å². The SMILES string of the molecule is COc1cccc([C@H]2C3=CC[C@@H]4C(=O)N(c5ccc(C(C)=O)cc5)C(=O)[C@@H]4[C@@H]3C[C@@]3(Cl)C(=O)N(c4ccc(F)cc4)C(=O)[C@@]23Cl)c1O. The molecule has 0 radical (unpaired) electrons. The zero-order valence-electron chi connectivity index (χ0n) is 25.1. The third-order valence-electron chi connectivity index (χ3n) is 9.99. The molecule has 12 heteroatoms. The monoisotopic (exact) mass is 676 g/mol. The van der Waals surface area contributed by atoms with Crippen LogP contribution in [0, 0.1) is 23.6 Å². The van der Waals surface area contributed by atoms with Crippen LogP contribution in [0.25, 0.3) is 0 Å². The van der Waals surface area contributed by atoms with Gasteiger partial charge in [0.15, 0.2) is 27.0 Å². The highest BCUT2D eigenvalue weighted by Crippen LogP contribution is 2.66. The number of benzene rings is 3. The number of fused-ring (bicyclic) bond motifs is 4. The fraction of sp³-hybridized carbons (Fsp3) is 0.286. The number of ketones is 1. The van der Waals surface area contributed by atoms with E-state index in [-0.39, 0.29) is 41.4 Å². The quantitative estimate of drug-likeness (QED) is 0.164. The van der Waals surface area contributed by atoms with Gasteiger partial charge < -0.3 is 9.84 Å². The number of rotatable bonds is 5. The maximum absolute atomic E-state index is 14.4. The highest BCUT2D eigenvalue weighted by atomic mass is 35.5. The molecule has 0 aromatic heterocycles. The number of aromatic hydroxyl groups is 1. The highest BCUT2D eigenvalue weighted by molar-refractivity contribution is 6.58. The molecule has 7 rings (SSSR count). The number of phenols is 1. The molecule has 0 bridgehead atoms. The molecule has 1 saturated carbocycles. The molecule has 3 aromatic rings. The number of anilines is 2. The molecule has 1 N–H and O–H groups in total. The summed E-state index contributed by atoms with van der Waals surface area (Å²) < 4.78 is 19.2. The van der Waals surface area contributed by atoms with Gasteiger partial charge in [-0.25, -0.2) is 9.29 Å². The molecule has 4 aliphatic rings. The number of imide groups is 2. The standard InChI is InChI=1S/C35H27Cl2FN2O7/c1-17(41)18-6-10-20(11-7-18)39-30(43)23-15-14-22-25(27(23)31(39)44)16-34(36)32(45)40(21-12-8-19(38)9-13-21)33(46)35(34,37)28(22)24-4-3-5-26(47-2)29(24)42/h3-14,23,25,27-28,42H,15-16H2,1-2H3/t23-,25+,27-,28+,34+,35-/m0/s1. The zero-order valence-corrected chi connectivity index (χ0v) is 26.6. The van der Waals surface area contributed by atoms with Gasteiger partial charge in [-0.2, -0.15) is 0 Å². The van der Waals surface area contributed by atoms with Gasteiger partial charge in [0.2, 0.25) is 11.8 Å². The molecule has 4 amide bonds. The van der Waals surface area contributed by atoms with Gasteiger partial charge in [0.25, 0.3) is 11.8 Å². The number of nitrogens with zero attached hydrogens (tertiary/aromatic N) is 2. The first-order valence-electron chi connectivity index (χ1n) is 14.9. The van der Waals surface area contributed by atoms with Crippen molar-refractivity contribution in [3.05, 3.63) is 95.3 Å². The summed E-state index contributed by atoms with van der Waals surface area (Å²) in [5.74, 6) is -7.55. The summed E-state index contributed by atoms with van der Waals surface area (Å²) in [6.07, 6.45) is 1.60. The second-order valence-corrected chi connectivity index (χ2v) is 13.5. The molecule has 240 valence electrons. The number of halogens is 3. The minimum absolute atomic E-state index is 0.0478. The fourth-order valence-corrected chi connectivity index (χ4v) is 8.71. The molecule has 3 fully saturated rings. The Labute approximate surface area is 278 Å². The number of phenolic OH excluding ortho intramolecular Hbond substituents is 1. The van der Waals surface area contributed by atoms with E-state index in [9.17, 15) is 33.5 Å². The predicted octanol–water partition coefficient (Wildman–Crippen LogP) is 5.51. The predicted molar refractivity (Wildman–Crippen MR) is 170 cm³/mol. The van der Waals surface area contributed by atoms with E-state index in [1.807, 2.05) is 0 Å². The van der Waals surface area contributed by atoms with Crippen molar-refractivity contribution in [2.45, 2.75) is 35.4 Å². The van der Waals surface area contributed by atoms with Crippen LogP contribution in [0.4, 0.5) is 15.8 Å². The fourth-order valence-electron chi connectivity index (χ4n) is 7.78. The van der Waals surface area contributed by atoms with E-state index in [1.165, 1.54) is 56.5 Å². The molecular weight excluding hydrogens is 650 g/mol. The van der Waals surface area contributed by atoms with E-state index in [2.05, 4.69) is 0 Å². The molecule has 2 saturated heterocycles. The average molecular weight is 678 g/mol. The lowest BCUT2D eigenvalue weighted by molar-refractivity contribution is -0.125. The summed E-state index contributed by atoms with van der Waals surface area (Å²) in [6.45, 7) is 1.41. The van der Waals surface area contributed by atoms with Crippen LogP contribution < -0.4 is 14.5 Å². The van der Waals surface area contributed by atoms with Gasteiger partial charge in [0.05, 0.1) is 30.3 Å². The van der Waals surface area contributed by atoms with Gasteiger partial charge in [-0.05, 0) is 80.3 Å². The first-order valence-corrected chi connectivity index (χ1v) is 15.7. The van der Waals surface area contributed by atoms with Gasteiger partial charge >= 0.3 is 0 Å². The van der Waals surface area contributed by atoms with Crippen molar-refractivity contribution in [1.82, 2.24) is 0 Å². The minimum atomic E-state index is -2.20. The summed E-state index contributed by atoms with van der Waals surface area (Å²) in [5, 5.41) is 11.4. The molecular formula is C35H27Cl2FN2O7. The Balaban J connectivity index is 1.39. The van der Waals surface area contributed by atoms with E-state index < -0.39 is 62.9 Å². The number of ether oxygens (including phenoxy) is 1. The Morgan fingerprint density at radius 1 is 0.894 bits per heavy atom. The summed E-state index contributed by atoms with van der Waals surface area (Å²) in [5.41, 5.74) is 1.39. The Morgan fingerprint density at radius 2 is 1.53 bits per heavy atom. The summed E-state index contributed by atoms with van der Waals surface area (Å²) in [4.78, 5) is 66.2. The number of hydrogen-bond acceptors (Lipinski definition) is 7. The topological polar surface area (TPSA) is 121 Å². The Bertz CT molecular complexity index is 1930. The van der Waals surface area contributed by atoms with Crippen molar-refractivity contribution in [3.63, 3.8) is 0 Å². The normalized spacial score (nSPS) is 29.8. The third kappa shape index (κ3) is 4.17. The summed E-state index contributed by atoms with van der Waals surface area (Å²) in [6, 6.07) is 15.5. The summed E-state index contributed by atoms with van der Waals surface area (Å²) in [7, 11) is 1.36. The lowest BCUT2D eigenvalue weighted by Crippen LogP contribution is -2.60. The molecule has 2 aliphatic carbocycles. The van der Waals surface area contributed by atoms with Crippen molar-refractivity contribution in [1.29, 1.82) is 0 Å². The Kier molecular flexibility index (Phi) is 7.11. The van der Waals surface area contributed by atoms with Crippen molar-refractivity contribution in [2.75, 3.05) is 16.9 Å². The van der Waals surface area contributed by atoms with Crippen molar-refractivity contribution in [2.24, 2.45) is 17.8 Å². The zero-order chi connectivity index (χ0) is 33.6. The largest absolute Gasteiger partial charge is 0.504 e. The molecule has 9 nitrogen and oxygen atoms in total. The Hall–Kier alpha value is -4.54. The van der Waals surface area contributed by atoms with Gasteiger partial charge in [0, 0.05) is 17.0 Å². The third-order valence-corrected chi connectivity index (χ3v) is 11.4. The van der Waals surface area contributed by atoms with E-state index >= 15 is 0 Å². The maximum atomic E-state index is 14.4. The van der Waals surface area contributed by atoms with E-state index in [1.54, 1.807) is 18.2 Å². The highest BCUT2D eigenvalue weighted by Gasteiger charge is 2.77. The van der Waals surface area contributed by atoms with E-state index in [0.717, 1.165) is 21.9 Å². The van der Waals surface area contributed by atoms with Crippen LogP contribution in [0.5, 0.6) is 11.5 Å². The number of para-hydroxylation sites is 1. The average Bonchev–Trinajstić information content (AvgIpc) is 3.39. The maximum Gasteiger partial charge on any atom is 0.258 e. The smallest absolute Gasteiger partial charge is 0.258 e. The van der Waals surface area contributed by atoms with Crippen LogP contribution in [-0.4, -0.2) is 51.4 Å². The van der Waals surface area contributed by atoms with E-state index in [0.29, 0.717) is 16.8 Å². The van der Waals surface area contributed by atoms with Crippen LogP contribution in [-0.2, 0) is 19.2 Å². The number of methoxy groups -OCH3 is 1. The van der Waals surface area contributed by atoms with E-state index in [4.69, 9.17) is 27.9 Å². The number of alkyl halides is 2. The van der Waals surface area contributed by atoms with Crippen molar-refractivity contribution < 1.29 is 38.2 Å². The molecule has 3 aromatic carbocycles. The Morgan fingerprint density at radius 3 is 2.17 bits per heavy atom. The lowest BCUT2D eigenvalue weighted by atomic mass is 9.56. The molecule has 2 aliphatic heterocycles. The number of carbonyl (C=O) groups is 5. The first-order chi connectivity index (χ1) is 22.3. The number of Topliss-reactive ketones (excluding diaryl/α,β-unsaturated/α-hetero) is 1. The molecule has 0 unspecified atom stereocenters. The molecule has 6 atom stereocenters. The molecule has 0 spiro atoms. The molecule has 2 heterocycles. The van der Waals surface area contributed by atoms with Crippen LogP contribution >= 0.6 is 23.2 Å². The lowest BCUT2D eigenvalue weighted by Gasteiger charge is -2.50. The van der Waals surface area contributed by atoms with Crippen molar-refractivity contribution >= 4 is 64.0 Å². The molecule has 47 heavy (non-hydrogen) atoms. The second kappa shape index (κ2) is 10.7. The van der Waals surface area contributed by atoms with Gasteiger partial charge in [0.1, 0.15) is 5.82 Å². The van der Waals surface area contributed by atoms with Gasteiger partial charge in [-0.3, -0.25) is 28.9 Å². The second-order valence-electron chi connectivity index (χ2n) is 12.3. The number of amides is 4. The summed E-state index contributed by atoms with van der Waals surface area (Å²) >= 11 is 14.7. The number of allylic oxidation sites excluding steroid dienone is 2. The van der Waals surface area contributed by atoms with Gasteiger partial charge in [-0.1, -0.05) is 23.8 Å². The first kappa shape index (κ1) is 31.1. The van der Waals surface area contributed by atoms with Crippen LogP contribution in [0.3, 0.4) is 0 Å². The van der Waals surface area contributed by atoms with Crippen LogP contribution in [0.2, 0.25) is 0 Å². The number of carbonyl (C=O) groups excluding carboxylic acids is 5. The van der Waals surface area contributed by atoms with Gasteiger partial charge in [-0.15, -0.1) is 23.2 Å². The minimum Gasteiger partial charge on any atom is -0.504 e. The number of hydrogen-bond donors (Lipinski definition) is 1. The van der Waals surface area contributed by atoms with Crippen LogP contribution in [0.15, 0.2) is 78.4 Å².